The molecule has 0 radical (unpaired) electrons. The van der Waals surface area contributed by atoms with Crippen molar-refractivity contribution in [1.82, 2.24) is 14.9 Å². The van der Waals surface area contributed by atoms with Gasteiger partial charge in [-0.1, -0.05) is 6.07 Å². The number of rotatable bonds is 6. The highest BCUT2D eigenvalue weighted by atomic mass is 32.1. The van der Waals surface area contributed by atoms with Crippen LogP contribution >= 0.6 is 12.2 Å². The van der Waals surface area contributed by atoms with Gasteiger partial charge in [-0.05, 0) is 80.2 Å². The first-order valence-electron chi connectivity index (χ1n) is 11.6. The van der Waals surface area contributed by atoms with Crippen LogP contribution in [0.2, 0.25) is 0 Å². The molecule has 0 bridgehead atoms. The van der Waals surface area contributed by atoms with Gasteiger partial charge >= 0.3 is 0 Å². The van der Waals surface area contributed by atoms with Crippen LogP contribution < -0.4 is 15.0 Å². The number of methoxy groups -OCH3 is 1. The molecule has 2 aromatic heterocycles. The van der Waals surface area contributed by atoms with Crippen molar-refractivity contribution in [2.24, 2.45) is 0 Å². The van der Waals surface area contributed by atoms with Crippen LogP contribution in [0.3, 0.4) is 0 Å². The lowest BCUT2D eigenvalue weighted by Crippen LogP contribution is -2.29. The second-order valence-corrected chi connectivity index (χ2v) is 9.13. The number of pyridine rings is 1. The molecule has 3 heterocycles. The van der Waals surface area contributed by atoms with Crippen LogP contribution in [-0.2, 0) is 0 Å². The molecule has 2 atom stereocenters. The molecule has 2 aromatic carbocycles. The maximum atomic E-state index is 13.8. The fraction of sp³-hybridized carbons (Fsp3) is 0.185. The number of nitrogens with zero attached hydrogens (tertiary/aromatic N) is 4. The summed E-state index contributed by atoms with van der Waals surface area (Å²) in [7, 11) is 1.49. The van der Waals surface area contributed by atoms with E-state index in [0.717, 1.165) is 28.3 Å². The molecule has 0 unspecified atom stereocenters. The van der Waals surface area contributed by atoms with Gasteiger partial charge in [-0.3, -0.25) is 15.1 Å². The van der Waals surface area contributed by atoms with Crippen LogP contribution in [0.25, 0.3) is 5.69 Å². The SMILES string of the molecule is COc1cc([N+](=O)[O-])ccc1-n1c(C)cc([C@H]2[C@@H](c3ccccn3)NC(=S)N2c2ccc(F)cc2)c1C. The number of nitrogens with one attached hydrogen (secondary N) is 1. The van der Waals surface area contributed by atoms with Crippen LogP contribution in [0.4, 0.5) is 15.8 Å². The molecular weight excluding hydrogens is 493 g/mol. The summed E-state index contributed by atoms with van der Waals surface area (Å²) in [4.78, 5) is 17.4. The Balaban J connectivity index is 1.68. The Labute approximate surface area is 218 Å². The smallest absolute Gasteiger partial charge is 0.273 e. The molecule has 188 valence electrons. The lowest BCUT2D eigenvalue weighted by molar-refractivity contribution is -0.384. The standard InChI is InChI=1S/C27H24FN5O3S/c1-16-14-21(17(2)31(16)23-12-11-20(33(34)35)15-24(23)36-3)26-25(22-6-4-5-13-29-22)30-27(37)32(26)19-9-7-18(28)8-10-19/h4-15,25-26H,1-3H3,(H,30,37)/t25-,26+/m1/s1. The van der Waals surface area contributed by atoms with Crippen molar-refractivity contribution in [3.8, 4) is 11.4 Å². The van der Waals surface area contributed by atoms with Crippen LogP contribution in [-0.4, -0.2) is 26.7 Å². The van der Waals surface area contributed by atoms with E-state index >= 15 is 0 Å². The summed E-state index contributed by atoms with van der Waals surface area (Å²) in [6.07, 6.45) is 1.74. The van der Waals surface area contributed by atoms with E-state index < -0.39 is 4.92 Å². The van der Waals surface area contributed by atoms with E-state index in [1.807, 2.05) is 41.5 Å². The number of hydrogen-bond acceptors (Lipinski definition) is 5. The summed E-state index contributed by atoms with van der Waals surface area (Å²) in [5, 5.41) is 15.2. The first-order chi connectivity index (χ1) is 17.8. The number of hydrogen-bond donors (Lipinski definition) is 1. The van der Waals surface area contributed by atoms with Crippen molar-refractivity contribution in [3.05, 3.63) is 112 Å². The lowest BCUT2D eigenvalue weighted by Gasteiger charge is -2.28. The molecule has 1 saturated heterocycles. The molecule has 0 saturated carbocycles. The van der Waals surface area contributed by atoms with E-state index in [-0.39, 0.29) is 23.6 Å². The van der Waals surface area contributed by atoms with E-state index in [1.54, 1.807) is 24.4 Å². The average molecular weight is 518 g/mol. The molecule has 0 amide bonds. The van der Waals surface area contributed by atoms with Gasteiger partial charge in [0.25, 0.3) is 5.69 Å². The minimum absolute atomic E-state index is 0.0497. The maximum Gasteiger partial charge on any atom is 0.273 e. The fourth-order valence-electron chi connectivity index (χ4n) is 4.97. The highest BCUT2D eigenvalue weighted by Gasteiger charge is 2.42. The monoisotopic (exact) mass is 517 g/mol. The Bertz CT molecular complexity index is 1490. The summed E-state index contributed by atoms with van der Waals surface area (Å²) in [6.45, 7) is 3.96. The quantitative estimate of drug-likeness (QED) is 0.199. The number of halogens is 1. The number of aromatic nitrogens is 2. The molecule has 0 spiro atoms. The molecule has 1 N–H and O–H groups in total. The van der Waals surface area contributed by atoms with Crippen LogP contribution in [0, 0.1) is 29.8 Å². The van der Waals surface area contributed by atoms with Crippen molar-refractivity contribution in [3.63, 3.8) is 0 Å². The minimum Gasteiger partial charge on any atom is -0.494 e. The van der Waals surface area contributed by atoms with Crippen molar-refractivity contribution in [1.29, 1.82) is 0 Å². The van der Waals surface area contributed by atoms with Gasteiger partial charge < -0.3 is 19.5 Å². The second kappa shape index (κ2) is 9.62. The summed E-state index contributed by atoms with van der Waals surface area (Å²) in [6, 6.07) is 18.0. The molecule has 5 rings (SSSR count). The predicted octanol–water partition coefficient (Wildman–Crippen LogP) is 5.72. The number of ether oxygens (including phenoxy) is 1. The summed E-state index contributed by atoms with van der Waals surface area (Å²) >= 11 is 5.77. The number of nitro benzene ring substituents is 1. The molecule has 4 aromatic rings. The fourth-order valence-corrected chi connectivity index (χ4v) is 5.32. The van der Waals surface area contributed by atoms with Crippen molar-refractivity contribution in [2.75, 3.05) is 12.0 Å². The van der Waals surface area contributed by atoms with Crippen LogP contribution in [0.5, 0.6) is 5.75 Å². The summed E-state index contributed by atoms with van der Waals surface area (Å²) in [5.74, 6) is 0.0578. The van der Waals surface area contributed by atoms with Gasteiger partial charge in [0.2, 0.25) is 0 Å². The Morgan fingerprint density at radius 1 is 1.11 bits per heavy atom. The Morgan fingerprint density at radius 3 is 2.51 bits per heavy atom. The number of non-ortho nitro benzene ring substituents is 1. The third-order valence-electron chi connectivity index (χ3n) is 6.61. The minimum atomic E-state index is -0.448. The normalized spacial score (nSPS) is 17.1. The average Bonchev–Trinajstić information content (AvgIpc) is 3.39. The highest BCUT2D eigenvalue weighted by Crippen LogP contribution is 2.44. The van der Waals surface area contributed by atoms with E-state index in [0.29, 0.717) is 16.5 Å². The van der Waals surface area contributed by atoms with Gasteiger partial charge in [-0.25, -0.2) is 4.39 Å². The molecule has 1 aliphatic rings. The second-order valence-electron chi connectivity index (χ2n) is 8.75. The number of thiocarbonyl (C=S) groups is 1. The predicted molar refractivity (Wildman–Crippen MR) is 143 cm³/mol. The number of benzene rings is 2. The number of nitro groups is 1. The summed E-state index contributed by atoms with van der Waals surface area (Å²) in [5.41, 5.74) is 5.00. The molecule has 37 heavy (non-hydrogen) atoms. The van der Waals surface area contributed by atoms with E-state index in [4.69, 9.17) is 17.0 Å². The first kappa shape index (κ1) is 24.4. The molecule has 10 heteroatoms. The zero-order valence-corrected chi connectivity index (χ0v) is 21.2. The van der Waals surface area contributed by atoms with E-state index in [1.165, 1.54) is 31.4 Å². The van der Waals surface area contributed by atoms with Gasteiger partial charge in [-0.15, -0.1) is 0 Å². The lowest BCUT2D eigenvalue weighted by atomic mass is 9.96. The highest BCUT2D eigenvalue weighted by molar-refractivity contribution is 7.80. The number of anilines is 1. The summed E-state index contributed by atoms with van der Waals surface area (Å²) < 4.78 is 21.3. The molecule has 1 fully saturated rings. The molecule has 1 aliphatic heterocycles. The molecule has 8 nitrogen and oxygen atoms in total. The molecule has 0 aliphatic carbocycles. The van der Waals surface area contributed by atoms with Crippen molar-refractivity contribution >= 4 is 28.7 Å². The van der Waals surface area contributed by atoms with E-state index in [9.17, 15) is 14.5 Å². The van der Waals surface area contributed by atoms with Gasteiger partial charge in [0.15, 0.2) is 5.11 Å². The number of aryl methyl sites for hydroxylation is 1. The van der Waals surface area contributed by atoms with Crippen LogP contribution in [0.1, 0.15) is 34.7 Å². The van der Waals surface area contributed by atoms with Crippen molar-refractivity contribution < 1.29 is 14.1 Å². The first-order valence-corrected chi connectivity index (χ1v) is 12.0. The molecular formula is C27H24FN5O3S. The van der Waals surface area contributed by atoms with Gasteiger partial charge in [0.1, 0.15) is 11.6 Å². The van der Waals surface area contributed by atoms with Crippen LogP contribution in [0.15, 0.2) is 72.9 Å². The Hall–Kier alpha value is -4.31. The Kier molecular flexibility index (Phi) is 6.34. The Morgan fingerprint density at radius 2 is 1.86 bits per heavy atom. The maximum absolute atomic E-state index is 13.8. The zero-order chi connectivity index (χ0) is 26.3. The third-order valence-corrected chi connectivity index (χ3v) is 6.92. The third kappa shape index (κ3) is 4.29. The topological polar surface area (TPSA) is 85.5 Å². The largest absolute Gasteiger partial charge is 0.494 e. The van der Waals surface area contributed by atoms with Gasteiger partial charge in [0.05, 0.1) is 41.6 Å². The zero-order valence-electron chi connectivity index (χ0n) is 20.4. The van der Waals surface area contributed by atoms with Crippen molar-refractivity contribution in [2.45, 2.75) is 25.9 Å². The van der Waals surface area contributed by atoms with E-state index in [2.05, 4.69) is 16.4 Å². The van der Waals surface area contributed by atoms with Gasteiger partial charge in [-0.2, -0.15) is 0 Å². The van der Waals surface area contributed by atoms with Gasteiger partial charge in [0, 0.05) is 29.3 Å².